The third-order valence-electron chi connectivity index (χ3n) is 2.76. The molecule has 0 heterocycles. The van der Waals surface area contributed by atoms with Gasteiger partial charge in [-0.05, 0) is 29.8 Å². The molecule has 0 radical (unpaired) electrons. The highest BCUT2D eigenvalue weighted by Gasteiger charge is 2.22. The van der Waals surface area contributed by atoms with Crippen molar-refractivity contribution in [3.63, 3.8) is 0 Å². The molecular weight excluding hydrogens is 401 g/mol. The Bertz CT molecular complexity index is 630. The van der Waals surface area contributed by atoms with Crippen LogP contribution >= 0.6 is 31.9 Å². The third kappa shape index (κ3) is 3.06. The number of hydrogen-bond donors (Lipinski definition) is 2. The first kappa shape index (κ1) is 15.5. The second kappa shape index (κ2) is 6.26. The molecule has 0 aliphatic rings. The Labute approximate surface area is 130 Å². The highest BCUT2D eigenvalue weighted by atomic mass is 79.9. The Morgan fingerprint density at radius 1 is 0.950 bits per heavy atom. The summed E-state index contributed by atoms with van der Waals surface area (Å²) in [6.07, 6.45) is 0. The van der Waals surface area contributed by atoms with E-state index >= 15 is 0 Å². The van der Waals surface area contributed by atoms with E-state index in [1.807, 2.05) is 0 Å². The van der Waals surface area contributed by atoms with Crippen molar-refractivity contribution in [3.8, 4) is 0 Å². The fourth-order valence-electron chi connectivity index (χ4n) is 1.87. The van der Waals surface area contributed by atoms with E-state index < -0.39 is 23.5 Å². The fourth-order valence-corrected chi connectivity index (χ4v) is 3.20. The SMILES string of the molecule is NNC(c1cc(Br)cc(Br)c1)c1ccc(F)c(F)c1F. The number of nitrogens with two attached hydrogens (primary N) is 1. The van der Waals surface area contributed by atoms with Gasteiger partial charge >= 0.3 is 0 Å². The molecule has 2 rings (SSSR count). The maximum Gasteiger partial charge on any atom is 0.194 e. The zero-order chi connectivity index (χ0) is 14.9. The van der Waals surface area contributed by atoms with Crippen molar-refractivity contribution in [3.05, 3.63) is 67.9 Å². The molecule has 0 amide bonds. The predicted molar refractivity (Wildman–Crippen MR) is 77.3 cm³/mol. The Kier molecular flexibility index (Phi) is 4.85. The molecule has 1 unspecified atom stereocenters. The summed E-state index contributed by atoms with van der Waals surface area (Å²) in [6.45, 7) is 0. The van der Waals surface area contributed by atoms with Crippen molar-refractivity contribution >= 4 is 31.9 Å². The summed E-state index contributed by atoms with van der Waals surface area (Å²) in [5, 5.41) is 0. The summed E-state index contributed by atoms with van der Waals surface area (Å²) in [5.74, 6) is 1.42. The molecule has 106 valence electrons. The molecule has 7 heteroatoms. The van der Waals surface area contributed by atoms with E-state index in [-0.39, 0.29) is 5.56 Å². The molecule has 2 aromatic rings. The number of hydrogen-bond acceptors (Lipinski definition) is 2. The fraction of sp³-hybridized carbons (Fsp3) is 0.0769. The van der Waals surface area contributed by atoms with Crippen molar-refractivity contribution in [1.82, 2.24) is 5.43 Å². The van der Waals surface area contributed by atoms with Crippen LogP contribution in [-0.2, 0) is 0 Å². The summed E-state index contributed by atoms with van der Waals surface area (Å²) in [4.78, 5) is 0. The van der Waals surface area contributed by atoms with Crippen molar-refractivity contribution in [2.24, 2.45) is 5.84 Å². The van der Waals surface area contributed by atoms with E-state index in [1.54, 1.807) is 18.2 Å². The number of nitrogens with one attached hydrogen (secondary N) is 1. The number of rotatable bonds is 3. The minimum atomic E-state index is -1.52. The first-order valence-corrected chi connectivity index (χ1v) is 7.08. The first-order chi connectivity index (χ1) is 9.43. The Hall–Kier alpha value is -0.890. The van der Waals surface area contributed by atoms with Crippen molar-refractivity contribution < 1.29 is 13.2 Å². The smallest absolute Gasteiger partial charge is 0.194 e. The highest BCUT2D eigenvalue weighted by Crippen LogP contribution is 2.30. The topological polar surface area (TPSA) is 38.0 Å². The van der Waals surface area contributed by atoms with Gasteiger partial charge in [-0.25, -0.2) is 18.6 Å². The van der Waals surface area contributed by atoms with Crippen LogP contribution in [0.4, 0.5) is 13.2 Å². The molecule has 3 N–H and O–H groups in total. The van der Waals surface area contributed by atoms with Crippen LogP contribution in [0.2, 0.25) is 0 Å². The maximum absolute atomic E-state index is 13.9. The Balaban J connectivity index is 2.55. The zero-order valence-electron chi connectivity index (χ0n) is 9.93. The molecule has 0 bridgehead atoms. The summed E-state index contributed by atoms with van der Waals surface area (Å²) in [6, 6.07) is 6.42. The minimum Gasteiger partial charge on any atom is -0.271 e. The van der Waals surface area contributed by atoms with Gasteiger partial charge in [0.2, 0.25) is 0 Å². The first-order valence-electron chi connectivity index (χ1n) is 5.49. The van der Waals surface area contributed by atoms with Gasteiger partial charge in [-0.3, -0.25) is 5.84 Å². The highest BCUT2D eigenvalue weighted by molar-refractivity contribution is 9.11. The van der Waals surface area contributed by atoms with E-state index in [0.29, 0.717) is 5.56 Å². The summed E-state index contributed by atoms with van der Waals surface area (Å²) >= 11 is 6.60. The molecule has 0 aliphatic heterocycles. The standard InChI is InChI=1S/C13H9Br2F3N2/c14-7-3-6(4-8(15)5-7)13(20-19)9-1-2-10(16)12(18)11(9)17/h1-5,13,20H,19H2. The Morgan fingerprint density at radius 3 is 2.10 bits per heavy atom. The molecule has 20 heavy (non-hydrogen) atoms. The molecule has 0 saturated heterocycles. The van der Waals surface area contributed by atoms with Gasteiger partial charge in [-0.15, -0.1) is 0 Å². The van der Waals surface area contributed by atoms with E-state index in [9.17, 15) is 13.2 Å². The van der Waals surface area contributed by atoms with Gasteiger partial charge < -0.3 is 0 Å². The molecular formula is C13H9Br2F3N2. The van der Waals surface area contributed by atoms with Crippen LogP contribution < -0.4 is 11.3 Å². The quantitative estimate of drug-likeness (QED) is 0.453. The number of halogens is 5. The molecule has 2 aromatic carbocycles. The molecule has 0 fully saturated rings. The molecule has 1 atom stereocenters. The molecule has 2 nitrogen and oxygen atoms in total. The normalized spacial score (nSPS) is 12.5. The summed E-state index contributed by atoms with van der Waals surface area (Å²) in [5.41, 5.74) is 2.93. The minimum absolute atomic E-state index is 0.0728. The van der Waals surface area contributed by atoms with Gasteiger partial charge in [0.15, 0.2) is 17.5 Å². The lowest BCUT2D eigenvalue weighted by Crippen LogP contribution is -2.30. The lowest BCUT2D eigenvalue weighted by Gasteiger charge is -2.18. The van der Waals surface area contributed by atoms with E-state index in [2.05, 4.69) is 37.3 Å². The van der Waals surface area contributed by atoms with Gasteiger partial charge in [0.1, 0.15) is 0 Å². The van der Waals surface area contributed by atoms with Gasteiger partial charge in [0.05, 0.1) is 6.04 Å². The largest absolute Gasteiger partial charge is 0.271 e. The monoisotopic (exact) mass is 408 g/mol. The van der Waals surface area contributed by atoms with Crippen LogP contribution in [0, 0.1) is 17.5 Å². The van der Waals surface area contributed by atoms with Crippen molar-refractivity contribution in [2.75, 3.05) is 0 Å². The van der Waals surface area contributed by atoms with Gasteiger partial charge in [-0.2, -0.15) is 0 Å². The van der Waals surface area contributed by atoms with E-state index in [0.717, 1.165) is 21.1 Å². The molecule has 0 spiro atoms. The van der Waals surface area contributed by atoms with E-state index in [1.165, 1.54) is 0 Å². The van der Waals surface area contributed by atoms with E-state index in [4.69, 9.17) is 5.84 Å². The average Bonchev–Trinajstić information content (AvgIpc) is 2.38. The van der Waals surface area contributed by atoms with Crippen molar-refractivity contribution in [1.29, 1.82) is 0 Å². The van der Waals surface area contributed by atoms with Gasteiger partial charge in [0, 0.05) is 14.5 Å². The second-order valence-electron chi connectivity index (χ2n) is 4.07. The average molecular weight is 410 g/mol. The number of benzene rings is 2. The maximum atomic E-state index is 13.9. The van der Waals surface area contributed by atoms with Gasteiger partial charge in [-0.1, -0.05) is 37.9 Å². The van der Waals surface area contributed by atoms with Crippen LogP contribution in [0.1, 0.15) is 17.2 Å². The van der Waals surface area contributed by atoms with Crippen LogP contribution in [0.5, 0.6) is 0 Å². The third-order valence-corrected chi connectivity index (χ3v) is 3.68. The molecule has 0 saturated carbocycles. The van der Waals surface area contributed by atoms with Crippen LogP contribution in [0.25, 0.3) is 0 Å². The molecule has 0 aliphatic carbocycles. The Morgan fingerprint density at radius 2 is 1.55 bits per heavy atom. The summed E-state index contributed by atoms with van der Waals surface area (Å²) in [7, 11) is 0. The van der Waals surface area contributed by atoms with Gasteiger partial charge in [0.25, 0.3) is 0 Å². The summed E-state index contributed by atoms with van der Waals surface area (Å²) < 4.78 is 41.6. The van der Waals surface area contributed by atoms with Crippen LogP contribution in [0.15, 0.2) is 39.3 Å². The zero-order valence-corrected chi connectivity index (χ0v) is 13.1. The van der Waals surface area contributed by atoms with Crippen LogP contribution in [-0.4, -0.2) is 0 Å². The van der Waals surface area contributed by atoms with Crippen molar-refractivity contribution in [2.45, 2.75) is 6.04 Å². The number of hydrazine groups is 1. The predicted octanol–water partition coefficient (Wildman–Crippen LogP) is 4.18. The lowest BCUT2D eigenvalue weighted by molar-refractivity contribution is 0.433. The molecule has 0 aromatic heterocycles. The van der Waals surface area contributed by atoms with Crippen LogP contribution in [0.3, 0.4) is 0 Å². The lowest BCUT2D eigenvalue weighted by atomic mass is 9.98. The second-order valence-corrected chi connectivity index (χ2v) is 5.90.